The fraction of sp³-hybridized carbons (Fsp3) is 0.538. The summed E-state index contributed by atoms with van der Waals surface area (Å²) in [6.45, 7) is 4.39. The van der Waals surface area contributed by atoms with E-state index >= 15 is 0 Å². The van der Waals surface area contributed by atoms with Crippen molar-refractivity contribution >= 4 is 0 Å². The molecule has 1 aliphatic heterocycles. The first-order valence-electron chi connectivity index (χ1n) is 5.76. The van der Waals surface area contributed by atoms with Gasteiger partial charge in [-0.05, 0) is 12.6 Å². The molecule has 1 aliphatic rings. The van der Waals surface area contributed by atoms with Gasteiger partial charge in [0.1, 0.15) is 0 Å². The minimum atomic E-state index is 0.471. The first-order valence-corrected chi connectivity index (χ1v) is 5.76. The summed E-state index contributed by atoms with van der Waals surface area (Å²) in [5.41, 5.74) is 1.23. The Labute approximate surface area is 97.0 Å². The number of epoxide rings is 1. The molecule has 3 heteroatoms. The molecule has 1 saturated heterocycles. The van der Waals surface area contributed by atoms with Crippen LogP contribution in [0, 0.1) is 0 Å². The van der Waals surface area contributed by atoms with E-state index in [1.165, 1.54) is 5.56 Å². The van der Waals surface area contributed by atoms with Gasteiger partial charge < -0.3 is 14.4 Å². The molecule has 88 valence electrons. The minimum absolute atomic E-state index is 0.471. The fourth-order valence-electron chi connectivity index (χ4n) is 1.60. The molecule has 0 radical (unpaired) electrons. The SMILES string of the molecule is CN(CCOCc1ccccc1)CC1CO1. The van der Waals surface area contributed by atoms with Gasteiger partial charge >= 0.3 is 0 Å². The van der Waals surface area contributed by atoms with Crippen molar-refractivity contribution in [1.82, 2.24) is 4.90 Å². The van der Waals surface area contributed by atoms with Gasteiger partial charge in [-0.2, -0.15) is 0 Å². The predicted molar refractivity (Wildman–Crippen MR) is 63.3 cm³/mol. The van der Waals surface area contributed by atoms with E-state index in [1.807, 2.05) is 18.2 Å². The highest BCUT2D eigenvalue weighted by Gasteiger charge is 2.23. The molecule has 0 amide bonds. The summed E-state index contributed by atoms with van der Waals surface area (Å²) in [7, 11) is 2.10. The number of benzene rings is 1. The average Bonchev–Trinajstić information content (AvgIpc) is 3.10. The molecule has 1 unspecified atom stereocenters. The lowest BCUT2D eigenvalue weighted by Crippen LogP contribution is -2.27. The second-order valence-electron chi connectivity index (χ2n) is 4.26. The van der Waals surface area contributed by atoms with Crippen LogP contribution in [0.25, 0.3) is 0 Å². The van der Waals surface area contributed by atoms with Gasteiger partial charge in [-0.3, -0.25) is 0 Å². The van der Waals surface area contributed by atoms with E-state index in [0.717, 1.165) is 26.3 Å². The van der Waals surface area contributed by atoms with Crippen molar-refractivity contribution in [2.24, 2.45) is 0 Å². The Morgan fingerprint density at radius 3 is 2.81 bits per heavy atom. The maximum atomic E-state index is 5.61. The van der Waals surface area contributed by atoms with E-state index in [1.54, 1.807) is 0 Å². The van der Waals surface area contributed by atoms with Crippen molar-refractivity contribution in [2.45, 2.75) is 12.7 Å². The molecule has 0 N–H and O–H groups in total. The third kappa shape index (κ3) is 4.31. The van der Waals surface area contributed by atoms with Crippen LogP contribution in [-0.2, 0) is 16.1 Å². The Morgan fingerprint density at radius 1 is 1.38 bits per heavy atom. The van der Waals surface area contributed by atoms with Crippen LogP contribution in [0.5, 0.6) is 0 Å². The molecule has 2 rings (SSSR count). The van der Waals surface area contributed by atoms with E-state index in [-0.39, 0.29) is 0 Å². The molecule has 16 heavy (non-hydrogen) atoms. The van der Waals surface area contributed by atoms with Crippen LogP contribution < -0.4 is 0 Å². The number of hydrogen-bond donors (Lipinski definition) is 0. The summed E-state index contributed by atoms with van der Waals surface area (Å²) >= 11 is 0. The summed E-state index contributed by atoms with van der Waals surface area (Å²) in [4.78, 5) is 2.25. The third-order valence-corrected chi connectivity index (χ3v) is 2.65. The Morgan fingerprint density at radius 2 is 2.12 bits per heavy atom. The van der Waals surface area contributed by atoms with Crippen molar-refractivity contribution in [3.63, 3.8) is 0 Å². The lowest BCUT2D eigenvalue weighted by Gasteiger charge is -2.14. The molecular weight excluding hydrogens is 202 g/mol. The van der Waals surface area contributed by atoms with Gasteiger partial charge in [-0.1, -0.05) is 30.3 Å². The summed E-state index contributed by atoms with van der Waals surface area (Å²) in [5.74, 6) is 0. The molecule has 1 aromatic rings. The second-order valence-corrected chi connectivity index (χ2v) is 4.26. The maximum Gasteiger partial charge on any atom is 0.0936 e. The summed E-state index contributed by atoms with van der Waals surface area (Å²) in [6, 6.07) is 10.3. The van der Waals surface area contributed by atoms with Crippen molar-refractivity contribution in [2.75, 3.05) is 33.4 Å². The molecule has 0 spiro atoms. The van der Waals surface area contributed by atoms with Gasteiger partial charge in [0.15, 0.2) is 0 Å². The topological polar surface area (TPSA) is 25.0 Å². The largest absolute Gasteiger partial charge is 0.375 e. The van der Waals surface area contributed by atoms with Crippen LogP contribution in [0.2, 0.25) is 0 Å². The van der Waals surface area contributed by atoms with Crippen molar-refractivity contribution in [3.8, 4) is 0 Å². The van der Waals surface area contributed by atoms with E-state index in [4.69, 9.17) is 9.47 Å². The Hall–Kier alpha value is -0.900. The lowest BCUT2D eigenvalue weighted by atomic mass is 10.2. The first-order chi connectivity index (χ1) is 7.84. The number of likely N-dealkylation sites (N-methyl/N-ethyl adjacent to an activating group) is 1. The summed E-state index contributed by atoms with van der Waals surface area (Å²) < 4.78 is 10.8. The van der Waals surface area contributed by atoms with Crippen LogP contribution in [0.1, 0.15) is 5.56 Å². The minimum Gasteiger partial charge on any atom is -0.375 e. The number of nitrogens with zero attached hydrogens (tertiary/aromatic N) is 1. The summed E-state index contributed by atoms with van der Waals surface area (Å²) in [6.07, 6.45) is 0.471. The molecule has 0 saturated carbocycles. The molecule has 1 fully saturated rings. The zero-order valence-corrected chi connectivity index (χ0v) is 9.76. The quantitative estimate of drug-likeness (QED) is 0.516. The smallest absolute Gasteiger partial charge is 0.0936 e. The predicted octanol–water partition coefficient (Wildman–Crippen LogP) is 1.53. The highest BCUT2D eigenvalue weighted by Crippen LogP contribution is 2.09. The van der Waals surface area contributed by atoms with Crippen LogP contribution >= 0.6 is 0 Å². The molecular formula is C13H19NO2. The molecule has 1 aromatic carbocycles. The Balaban J connectivity index is 1.54. The van der Waals surface area contributed by atoms with Gasteiger partial charge in [0.2, 0.25) is 0 Å². The summed E-state index contributed by atoms with van der Waals surface area (Å²) in [5, 5.41) is 0. The van der Waals surface area contributed by atoms with E-state index in [9.17, 15) is 0 Å². The van der Waals surface area contributed by atoms with Crippen molar-refractivity contribution in [3.05, 3.63) is 35.9 Å². The molecule has 0 bridgehead atoms. The number of rotatable bonds is 7. The zero-order chi connectivity index (χ0) is 11.2. The second kappa shape index (κ2) is 5.99. The van der Waals surface area contributed by atoms with Gasteiger partial charge in [0.25, 0.3) is 0 Å². The van der Waals surface area contributed by atoms with Crippen LogP contribution in [0.15, 0.2) is 30.3 Å². The molecule has 0 aromatic heterocycles. The third-order valence-electron chi connectivity index (χ3n) is 2.65. The van der Waals surface area contributed by atoms with Gasteiger partial charge in [0.05, 0.1) is 25.9 Å². The van der Waals surface area contributed by atoms with Gasteiger partial charge in [-0.15, -0.1) is 0 Å². The van der Waals surface area contributed by atoms with Crippen molar-refractivity contribution in [1.29, 1.82) is 0 Å². The highest BCUT2D eigenvalue weighted by molar-refractivity contribution is 5.13. The number of hydrogen-bond acceptors (Lipinski definition) is 3. The Bertz CT molecular complexity index is 298. The maximum absolute atomic E-state index is 5.61. The van der Waals surface area contributed by atoms with Gasteiger partial charge in [0, 0.05) is 13.1 Å². The molecule has 0 aliphatic carbocycles. The molecule has 1 atom stereocenters. The lowest BCUT2D eigenvalue weighted by molar-refractivity contribution is 0.0977. The highest BCUT2D eigenvalue weighted by atomic mass is 16.6. The van der Waals surface area contributed by atoms with Crippen molar-refractivity contribution < 1.29 is 9.47 Å². The van der Waals surface area contributed by atoms with Gasteiger partial charge in [-0.25, -0.2) is 0 Å². The van der Waals surface area contributed by atoms with E-state index in [0.29, 0.717) is 12.7 Å². The first kappa shape index (κ1) is 11.6. The Kier molecular flexibility index (Phi) is 4.34. The normalized spacial score (nSPS) is 19.0. The van der Waals surface area contributed by atoms with Crippen LogP contribution in [-0.4, -0.2) is 44.4 Å². The van der Waals surface area contributed by atoms with E-state index < -0.39 is 0 Å². The standard InChI is InChI=1S/C13H19NO2/c1-14(9-13-11-16-13)7-8-15-10-12-5-3-2-4-6-12/h2-6,13H,7-11H2,1H3. The van der Waals surface area contributed by atoms with E-state index in [2.05, 4.69) is 24.1 Å². The average molecular weight is 221 g/mol. The van der Waals surface area contributed by atoms with Crippen LogP contribution in [0.3, 0.4) is 0 Å². The monoisotopic (exact) mass is 221 g/mol. The molecule has 3 nitrogen and oxygen atoms in total. The fourth-order valence-corrected chi connectivity index (χ4v) is 1.60. The van der Waals surface area contributed by atoms with Crippen LogP contribution in [0.4, 0.5) is 0 Å². The zero-order valence-electron chi connectivity index (χ0n) is 9.76. The number of ether oxygens (including phenoxy) is 2. The molecule has 1 heterocycles.